The van der Waals surface area contributed by atoms with Crippen LogP contribution in [0.5, 0.6) is 0 Å². The number of aliphatic hydroxyl groups excluding tert-OH is 1. The number of sulfonamides is 1. The van der Waals surface area contributed by atoms with E-state index >= 15 is 0 Å². The van der Waals surface area contributed by atoms with Crippen LogP contribution in [0.1, 0.15) is 19.0 Å². The quantitative estimate of drug-likeness (QED) is 0.852. The van der Waals surface area contributed by atoms with Crippen LogP contribution in [0.2, 0.25) is 0 Å². The number of aryl methyl sites for hydroxylation is 1. The maximum atomic E-state index is 12.4. The predicted octanol–water partition coefficient (Wildman–Crippen LogP) is 0.411. The van der Waals surface area contributed by atoms with Crippen LogP contribution < -0.4 is 0 Å². The predicted molar refractivity (Wildman–Crippen MR) is 70.2 cm³/mol. The number of aromatic nitrogens is 1. The number of aliphatic hydroxyl groups is 1. The highest BCUT2D eigenvalue weighted by molar-refractivity contribution is 7.89. The molecule has 7 heteroatoms. The highest BCUT2D eigenvalue weighted by Crippen LogP contribution is 2.20. The molecule has 0 bridgehead atoms. The molecular weight excluding hydrogens is 268 g/mol. The Labute approximate surface area is 113 Å². The number of morpholine rings is 1. The van der Waals surface area contributed by atoms with E-state index in [2.05, 4.69) is 0 Å². The molecule has 0 atom stereocenters. The second-order valence-corrected chi connectivity index (χ2v) is 6.47. The van der Waals surface area contributed by atoms with E-state index in [0.717, 1.165) is 6.42 Å². The van der Waals surface area contributed by atoms with E-state index in [1.54, 1.807) is 16.8 Å². The van der Waals surface area contributed by atoms with Crippen LogP contribution in [0.3, 0.4) is 0 Å². The van der Waals surface area contributed by atoms with Crippen molar-refractivity contribution in [2.24, 2.45) is 0 Å². The maximum Gasteiger partial charge on any atom is 0.244 e. The number of nitrogens with zero attached hydrogens (tertiary/aromatic N) is 2. The van der Waals surface area contributed by atoms with Crippen molar-refractivity contribution in [3.63, 3.8) is 0 Å². The van der Waals surface area contributed by atoms with Gasteiger partial charge in [0.05, 0.1) is 19.8 Å². The van der Waals surface area contributed by atoms with Crippen molar-refractivity contribution < 1.29 is 18.3 Å². The maximum absolute atomic E-state index is 12.4. The third kappa shape index (κ3) is 3.00. The Morgan fingerprint density at radius 1 is 1.37 bits per heavy atom. The molecule has 0 saturated carbocycles. The molecule has 0 unspecified atom stereocenters. The third-order valence-corrected chi connectivity index (χ3v) is 5.06. The van der Waals surface area contributed by atoms with E-state index in [9.17, 15) is 13.5 Å². The van der Waals surface area contributed by atoms with Gasteiger partial charge in [0.15, 0.2) is 0 Å². The second-order valence-electron chi connectivity index (χ2n) is 4.54. The Morgan fingerprint density at radius 2 is 2.05 bits per heavy atom. The zero-order valence-corrected chi connectivity index (χ0v) is 11.9. The summed E-state index contributed by atoms with van der Waals surface area (Å²) in [7, 11) is -3.47. The summed E-state index contributed by atoms with van der Waals surface area (Å²) in [5, 5.41) is 9.29. The lowest BCUT2D eigenvalue weighted by atomic mass is 10.4. The van der Waals surface area contributed by atoms with E-state index in [1.807, 2.05) is 6.92 Å². The van der Waals surface area contributed by atoms with Crippen molar-refractivity contribution in [3.8, 4) is 0 Å². The minimum atomic E-state index is -3.47. The summed E-state index contributed by atoms with van der Waals surface area (Å²) in [6.45, 7) is 4.19. The van der Waals surface area contributed by atoms with Gasteiger partial charge in [0, 0.05) is 31.5 Å². The van der Waals surface area contributed by atoms with Gasteiger partial charge in [0.25, 0.3) is 0 Å². The molecule has 0 aliphatic carbocycles. The van der Waals surface area contributed by atoms with E-state index in [0.29, 0.717) is 38.5 Å². The van der Waals surface area contributed by atoms with E-state index in [1.165, 1.54) is 4.31 Å². The summed E-state index contributed by atoms with van der Waals surface area (Å²) in [6.07, 6.45) is 2.50. The lowest BCUT2D eigenvalue weighted by Gasteiger charge is -2.25. The fourth-order valence-electron chi connectivity index (χ4n) is 2.18. The van der Waals surface area contributed by atoms with Gasteiger partial charge in [-0.05, 0) is 12.5 Å². The molecule has 108 valence electrons. The Balaban J connectivity index is 2.29. The van der Waals surface area contributed by atoms with Crippen molar-refractivity contribution in [2.75, 3.05) is 26.3 Å². The molecule has 1 aromatic rings. The summed E-state index contributed by atoms with van der Waals surface area (Å²) in [6, 6.07) is 1.56. The molecule has 1 fully saturated rings. The minimum absolute atomic E-state index is 0.154. The van der Waals surface area contributed by atoms with Gasteiger partial charge >= 0.3 is 0 Å². The van der Waals surface area contributed by atoms with Crippen LogP contribution in [-0.2, 0) is 27.9 Å². The summed E-state index contributed by atoms with van der Waals surface area (Å²) in [5.41, 5.74) is 0.633. The Hall–Kier alpha value is -0.890. The first-order chi connectivity index (χ1) is 9.09. The van der Waals surface area contributed by atoms with E-state index in [4.69, 9.17) is 4.74 Å². The minimum Gasteiger partial charge on any atom is -0.390 e. The van der Waals surface area contributed by atoms with Crippen LogP contribution in [0.4, 0.5) is 0 Å². The number of hydrogen-bond donors (Lipinski definition) is 1. The van der Waals surface area contributed by atoms with Crippen molar-refractivity contribution >= 4 is 10.0 Å². The monoisotopic (exact) mass is 288 g/mol. The Morgan fingerprint density at radius 3 is 2.63 bits per heavy atom. The molecule has 2 heterocycles. The Kier molecular flexibility index (Phi) is 4.62. The topological polar surface area (TPSA) is 71.8 Å². The molecular formula is C12H20N2O4S. The van der Waals surface area contributed by atoms with Crippen LogP contribution in [0.25, 0.3) is 0 Å². The molecule has 6 nitrogen and oxygen atoms in total. The molecule has 19 heavy (non-hydrogen) atoms. The standard InChI is InChI=1S/C12H20N2O4S/c1-2-3-13-9-12(8-11(13)10-15)19(16,17)14-4-6-18-7-5-14/h8-9,15H,2-7,10H2,1H3. The molecule has 1 saturated heterocycles. The fraction of sp³-hybridized carbons (Fsp3) is 0.667. The van der Waals surface area contributed by atoms with E-state index in [-0.39, 0.29) is 11.5 Å². The molecule has 1 aromatic heterocycles. The molecule has 1 N–H and O–H groups in total. The normalized spacial score (nSPS) is 17.8. The first kappa shape index (κ1) is 14.5. The highest BCUT2D eigenvalue weighted by atomic mass is 32.2. The van der Waals surface area contributed by atoms with E-state index < -0.39 is 10.0 Å². The average Bonchev–Trinajstić information content (AvgIpc) is 2.84. The molecule has 0 amide bonds. The highest BCUT2D eigenvalue weighted by Gasteiger charge is 2.27. The van der Waals surface area contributed by atoms with Crippen molar-refractivity contribution in [3.05, 3.63) is 18.0 Å². The van der Waals surface area contributed by atoms with Gasteiger partial charge in [-0.25, -0.2) is 8.42 Å². The molecule has 0 spiro atoms. The molecule has 2 rings (SSSR count). The van der Waals surface area contributed by atoms with Crippen molar-refractivity contribution in [2.45, 2.75) is 31.4 Å². The summed E-state index contributed by atoms with van der Waals surface area (Å²) in [4.78, 5) is 0.256. The smallest absolute Gasteiger partial charge is 0.244 e. The van der Waals surface area contributed by atoms with Gasteiger partial charge in [-0.3, -0.25) is 0 Å². The van der Waals surface area contributed by atoms with Gasteiger partial charge in [0.1, 0.15) is 4.90 Å². The fourth-order valence-corrected chi connectivity index (χ4v) is 3.66. The number of ether oxygens (including phenoxy) is 1. The third-order valence-electron chi connectivity index (χ3n) is 3.20. The lowest BCUT2D eigenvalue weighted by molar-refractivity contribution is 0.0730. The first-order valence-corrected chi connectivity index (χ1v) is 7.91. The van der Waals surface area contributed by atoms with Crippen LogP contribution in [-0.4, -0.2) is 48.7 Å². The molecule has 1 aliphatic heterocycles. The van der Waals surface area contributed by atoms with Gasteiger partial charge in [-0.1, -0.05) is 6.92 Å². The molecule has 1 aliphatic rings. The SMILES string of the molecule is CCCn1cc(S(=O)(=O)N2CCOCC2)cc1CO. The van der Waals surface area contributed by atoms with Gasteiger partial charge in [-0.2, -0.15) is 4.31 Å². The number of hydrogen-bond acceptors (Lipinski definition) is 4. The van der Waals surface area contributed by atoms with Crippen LogP contribution in [0, 0.1) is 0 Å². The van der Waals surface area contributed by atoms with Crippen LogP contribution in [0.15, 0.2) is 17.2 Å². The second kappa shape index (κ2) is 6.04. The Bertz CT molecular complexity index is 518. The van der Waals surface area contributed by atoms with Crippen molar-refractivity contribution in [1.29, 1.82) is 0 Å². The summed E-state index contributed by atoms with van der Waals surface area (Å²) < 4.78 is 33.3. The van der Waals surface area contributed by atoms with Gasteiger partial charge in [-0.15, -0.1) is 0 Å². The summed E-state index contributed by atoms with van der Waals surface area (Å²) >= 11 is 0. The summed E-state index contributed by atoms with van der Waals surface area (Å²) in [5.74, 6) is 0. The zero-order valence-electron chi connectivity index (χ0n) is 11.1. The van der Waals surface area contributed by atoms with Gasteiger partial charge < -0.3 is 14.4 Å². The molecule has 0 aromatic carbocycles. The largest absolute Gasteiger partial charge is 0.390 e. The zero-order chi connectivity index (χ0) is 13.9. The lowest BCUT2D eigenvalue weighted by Crippen LogP contribution is -2.40. The average molecular weight is 288 g/mol. The van der Waals surface area contributed by atoms with Crippen LogP contribution >= 0.6 is 0 Å². The van der Waals surface area contributed by atoms with Crippen molar-refractivity contribution in [1.82, 2.24) is 8.87 Å². The first-order valence-electron chi connectivity index (χ1n) is 6.47. The molecule has 0 radical (unpaired) electrons. The number of rotatable bonds is 5. The van der Waals surface area contributed by atoms with Gasteiger partial charge in [0.2, 0.25) is 10.0 Å².